The van der Waals surface area contributed by atoms with Gasteiger partial charge in [0.2, 0.25) is 0 Å². The highest BCUT2D eigenvalue weighted by molar-refractivity contribution is 5.71. The Kier molecular flexibility index (Phi) is 6.25. The summed E-state index contributed by atoms with van der Waals surface area (Å²) in [5, 5.41) is 2.73. The van der Waals surface area contributed by atoms with Gasteiger partial charge in [-0.15, -0.1) is 0 Å². The molecular weight excluding hydrogens is 274 g/mol. The van der Waals surface area contributed by atoms with Crippen LogP contribution in [0, 0.1) is 0 Å². The molecule has 0 aliphatic heterocycles. The minimum Gasteiger partial charge on any atom is -0.352 e. The molecule has 22 heavy (non-hydrogen) atoms. The second-order valence-electron chi connectivity index (χ2n) is 6.21. The van der Waals surface area contributed by atoms with Gasteiger partial charge in [0, 0.05) is 12.6 Å². The molecule has 4 heteroatoms. The first kappa shape index (κ1) is 16.8. The van der Waals surface area contributed by atoms with Crippen LogP contribution >= 0.6 is 0 Å². The monoisotopic (exact) mass is 303 g/mol. The summed E-state index contributed by atoms with van der Waals surface area (Å²) < 4.78 is 0. The highest BCUT2D eigenvalue weighted by Gasteiger charge is 2.24. The third kappa shape index (κ3) is 4.23. The summed E-state index contributed by atoms with van der Waals surface area (Å²) in [5.41, 5.74) is 9.29. The lowest BCUT2D eigenvalue weighted by molar-refractivity contribution is 0.179. The van der Waals surface area contributed by atoms with Crippen molar-refractivity contribution in [2.45, 2.75) is 58.5 Å². The maximum atomic E-state index is 11.0. The maximum absolute atomic E-state index is 11.0. The molecule has 1 aromatic carbocycles. The number of rotatable bonds is 7. The molecule has 1 aliphatic rings. The molecule has 1 aromatic rings. The molecule has 0 bridgehead atoms. The van der Waals surface area contributed by atoms with Gasteiger partial charge in [-0.05, 0) is 61.9 Å². The number of urea groups is 1. The van der Waals surface area contributed by atoms with Gasteiger partial charge >= 0.3 is 6.03 Å². The minimum atomic E-state index is -0.455. The normalized spacial score (nSPS) is 17.3. The van der Waals surface area contributed by atoms with Crippen LogP contribution in [0.25, 0.3) is 0 Å². The zero-order valence-electron chi connectivity index (χ0n) is 13.9. The standard InChI is InChI=1S/C18H29N3O/c1-3-10-21(11-4-2)16-9-8-14-6-5-7-15(17(14)12-16)13-20-18(19)22/h5-7,16H,3-4,8-13H2,1-2H3,(H3,19,20,22). The topological polar surface area (TPSA) is 58.4 Å². The number of benzene rings is 1. The predicted octanol–water partition coefficient (Wildman–Crippen LogP) is 2.83. The van der Waals surface area contributed by atoms with Gasteiger partial charge in [-0.2, -0.15) is 0 Å². The van der Waals surface area contributed by atoms with E-state index in [1.807, 2.05) is 0 Å². The van der Waals surface area contributed by atoms with Crippen molar-refractivity contribution in [2.24, 2.45) is 5.73 Å². The average molecular weight is 303 g/mol. The number of carbonyl (C=O) groups is 1. The Labute approximate surface area is 134 Å². The van der Waals surface area contributed by atoms with E-state index in [-0.39, 0.29) is 0 Å². The first-order valence-electron chi connectivity index (χ1n) is 8.52. The van der Waals surface area contributed by atoms with E-state index < -0.39 is 6.03 Å². The van der Waals surface area contributed by atoms with E-state index in [1.54, 1.807) is 0 Å². The molecule has 1 atom stereocenters. The van der Waals surface area contributed by atoms with E-state index in [2.05, 4.69) is 42.3 Å². The van der Waals surface area contributed by atoms with Crippen molar-refractivity contribution >= 4 is 6.03 Å². The average Bonchev–Trinajstić information content (AvgIpc) is 2.52. The lowest BCUT2D eigenvalue weighted by Gasteiger charge is -2.36. The number of nitrogens with two attached hydrogens (primary N) is 1. The van der Waals surface area contributed by atoms with Crippen LogP contribution in [0.4, 0.5) is 4.79 Å². The molecule has 3 N–H and O–H groups in total. The summed E-state index contributed by atoms with van der Waals surface area (Å²) in [4.78, 5) is 13.6. The van der Waals surface area contributed by atoms with E-state index in [4.69, 9.17) is 5.73 Å². The summed E-state index contributed by atoms with van der Waals surface area (Å²) in [6.45, 7) is 7.39. The molecule has 1 aliphatic carbocycles. The molecule has 0 heterocycles. The van der Waals surface area contributed by atoms with Crippen LogP contribution in [-0.2, 0) is 19.4 Å². The Morgan fingerprint density at radius 3 is 2.68 bits per heavy atom. The van der Waals surface area contributed by atoms with Gasteiger partial charge in [-0.1, -0.05) is 32.0 Å². The molecule has 0 spiro atoms. The molecule has 0 radical (unpaired) electrons. The van der Waals surface area contributed by atoms with Gasteiger partial charge in [-0.25, -0.2) is 4.79 Å². The number of aryl methyl sites for hydroxylation is 1. The fourth-order valence-electron chi connectivity index (χ4n) is 3.56. The molecular formula is C18H29N3O. The Morgan fingerprint density at radius 2 is 2.05 bits per heavy atom. The molecule has 1 unspecified atom stereocenters. The third-order valence-electron chi connectivity index (χ3n) is 4.55. The van der Waals surface area contributed by atoms with Gasteiger partial charge in [0.15, 0.2) is 0 Å². The Balaban J connectivity index is 2.14. The molecule has 0 fully saturated rings. The lowest BCUT2D eigenvalue weighted by atomic mass is 9.84. The predicted molar refractivity (Wildman–Crippen MR) is 90.8 cm³/mol. The molecule has 0 aromatic heterocycles. The van der Waals surface area contributed by atoms with Crippen LogP contribution in [0.2, 0.25) is 0 Å². The van der Waals surface area contributed by atoms with Crippen molar-refractivity contribution in [2.75, 3.05) is 13.1 Å². The summed E-state index contributed by atoms with van der Waals surface area (Å²) in [5.74, 6) is 0. The zero-order chi connectivity index (χ0) is 15.9. The molecule has 0 saturated carbocycles. The highest BCUT2D eigenvalue weighted by Crippen LogP contribution is 2.27. The second-order valence-corrected chi connectivity index (χ2v) is 6.21. The molecule has 2 rings (SSSR count). The van der Waals surface area contributed by atoms with Crippen LogP contribution in [-0.4, -0.2) is 30.1 Å². The van der Waals surface area contributed by atoms with Crippen molar-refractivity contribution in [3.63, 3.8) is 0 Å². The van der Waals surface area contributed by atoms with Crippen LogP contribution in [0.5, 0.6) is 0 Å². The first-order chi connectivity index (χ1) is 10.7. The van der Waals surface area contributed by atoms with Gasteiger partial charge < -0.3 is 16.0 Å². The van der Waals surface area contributed by atoms with Gasteiger partial charge in [-0.3, -0.25) is 0 Å². The van der Waals surface area contributed by atoms with Crippen molar-refractivity contribution in [1.29, 1.82) is 0 Å². The smallest absolute Gasteiger partial charge is 0.312 e. The SMILES string of the molecule is CCCN(CCC)C1CCc2cccc(CNC(N)=O)c2C1. The number of fused-ring (bicyclic) bond motifs is 1. The molecule has 2 amide bonds. The highest BCUT2D eigenvalue weighted by atomic mass is 16.2. The number of primary amides is 1. The van der Waals surface area contributed by atoms with Crippen LogP contribution in [0.1, 0.15) is 49.8 Å². The quantitative estimate of drug-likeness (QED) is 0.814. The van der Waals surface area contributed by atoms with E-state index in [9.17, 15) is 4.79 Å². The maximum Gasteiger partial charge on any atom is 0.312 e. The summed E-state index contributed by atoms with van der Waals surface area (Å²) in [6, 6.07) is 6.60. The van der Waals surface area contributed by atoms with E-state index in [0.717, 1.165) is 12.8 Å². The zero-order valence-corrected chi connectivity index (χ0v) is 13.9. The number of hydrogen-bond donors (Lipinski definition) is 2. The second kappa shape index (κ2) is 8.18. The summed E-state index contributed by atoms with van der Waals surface area (Å²) in [6.07, 6.45) is 5.86. The Hall–Kier alpha value is -1.55. The number of hydrogen-bond acceptors (Lipinski definition) is 2. The number of amides is 2. The van der Waals surface area contributed by atoms with Crippen molar-refractivity contribution < 1.29 is 4.79 Å². The molecule has 122 valence electrons. The third-order valence-corrected chi connectivity index (χ3v) is 4.55. The van der Waals surface area contributed by atoms with Crippen molar-refractivity contribution in [3.05, 3.63) is 34.9 Å². The first-order valence-corrected chi connectivity index (χ1v) is 8.52. The number of carbonyl (C=O) groups excluding carboxylic acids is 1. The van der Waals surface area contributed by atoms with Crippen LogP contribution < -0.4 is 11.1 Å². The lowest BCUT2D eigenvalue weighted by Crippen LogP contribution is -2.40. The summed E-state index contributed by atoms with van der Waals surface area (Å²) in [7, 11) is 0. The minimum absolute atomic E-state index is 0.455. The van der Waals surface area contributed by atoms with Gasteiger partial charge in [0.1, 0.15) is 0 Å². The largest absolute Gasteiger partial charge is 0.352 e. The van der Waals surface area contributed by atoms with Gasteiger partial charge in [0.25, 0.3) is 0 Å². The van der Waals surface area contributed by atoms with Gasteiger partial charge in [0.05, 0.1) is 0 Å². The molecule has 0 saturated heterocycles. The fraction of sp³-hybridized carbons (Fsp3) is 0.611. The van der Waals surface area contributed by atoms with Crippen LogP contribution in [0.15, 0.2) is 18.2 Å². The molecule has 4 nitrogen and oxygen atoms in total. The van der Waals surface area contributed by atoms with Crippen molar-refractivity contribution in [3.8, 4) is 0 Å². The Morgan fingerprint density at radius 1 is 1.32 bits per heavy atom. The van der Waals surface area contributed by atoms with Crippen LogP contribution in [0.3, 0.4) is 0 Å². The van der Waals surface area contributed by atoms with E-state index in [0.29, 0.717) is 12.6 Å². The number of nitrogens with one attached hydrogen (secondary N) is 1. The fourth-order valence-corrected chi connectivity index (χ4v) is 3.56. The van der Waals surface area contributed by atoms with E-state index >= 15 is 0 Å². The number of nitrogens with zero attached hydrogens (tertiary/aromatic N) is 1. The van der Waals surface area contributed by atoms with E-state index in [1.165, 1.54) is 49.0 Å². The Bertz CT molecular complexity index is 495. The summed E-state index contributed by atoms with van der Waals surface area (Å²) >= 11 is 0. The van der Waals surface area contributed by atoms with Crippen molar-refractivity contribution in [1.82, 2.24) is 10.2 Å².